The summed E-state index contributed by atoms with van der Waals surface area (Å²) in [5.74, 6) is 0. The number of pyridine rings is 2. The summed E-state index contributed by atoms with van der Waals surface area (Å²) in [4.78, 5) is 8.37. The molecule has 0 amide bonds. The van der Waals surface area contributed by atoms with Gasteiger partial charge in [0.15, 0.2) is 0 Å². The Bertz CT molecular complexity index is 680. The first kappa shape index (κ1) is 13.0. The molecule has 6 heteroatoms. The van der Waals surface area contributed by atoms with Crippen molar-refractivity contribution in [2.45, 2.75) is 0 Å². The average molecular weight is 303 g/mol. The molecule has 3 rings (SSSR count). The van der Waals surface area contributed by atoms with E-state index in [-0.39, 0.29) is 0 Å². The molecule has 0 N–H and O–H groups in total. The lowest BCUT2D eigenvalue weighted by atomic mass is 10.2. The average Bonchev–Trinajstić information content (AvgIpc) is 2.47. The molecule has 0 atom stereocenters. The van der Waals surface area contributed by atoms with E-state index in [4.69, 9.17) is 23.2 Å². The monoisotopic (exact) mass is 302 g/mol. The number of hydrogen-bond donors (Lipinski definition) is 0. The highest BCUT2D eigenvalue weighted by Gasteiger charge is 2.06. The summed E-state index contributed by atoms with van der Waals surface area (Å²) >= 11 is 11.7. The molecule has 3 heterocycles. The van der Waals surface area contributed by atoms with Crippen LogP contribution < -0.4 is 0 Å². The van der Waals surface area contributed by atoms with Crippen LogP contribution in [0.1, 0.15) is 0 Å². The maximum atomic E-state index is 5.86. The first-order valence-electron chi connectivity index (χ1n) is 5.82. The second kappa shape index (κ2) is 5.53. The van der Waals surface area contributed by atoms with E-state index >= 15 is 0 Å². The fraction of sp³-hybridized carbons (Fsp3) is 0. The molecule has 0 aliphatic rings. The standard InChI is InChI=1S/C14H8Cl2N4/c15-13-5-1-3-9(17-13)11-7-8-12(20-19-11)10-4-2-6-14(16)18-10/h1-8H. The van der Waals surface area contributed by atoms with Crippen LogP contribution in [0, 0.1) is 0 Å². The van der Waals surface area contributed by atoms with Gasteiger partial charge in [-0.2, -0.15) is 0 Å². The highest BCUT2D eigenvalue weighted by molar-refractivity contribution is 6.29. The molecular weight excluding hydrogens is 295 g/mol. The smallest absolute Gasteiger partial charge is 0.129 e. The van der Waals surface area contributed by atoms with Gasteiger partial charge in [0.1, 0.15) is 21.7 Å². The van der Waals surface area contributed by atoms with Gasteiger partial charge in [-0.15, -0.1) is 10.2 Å². The third-order valence-corrected chi connectivity index (χ3v) is 3.04. The molecule has 0 spiro atoms. The second-order valence-electron chi connectivity index (χ2n) is 3.99. The molecule has 0 bridgehead atoms. The molecule has 3 aromatic heterocycles. The van der Waals surface area contributed by atoms with Crippen LogP contribution in [0.4, 0.5) is 0 Å². The van der Waals surface area contributed by atoms with Gasteiger partial charge in [0.25, 0.3) is 0 Å². The third-order valence-electron chi connectivity index (χ3n) is 2.62. The zero-order valence-corrected chi connectivity index (χ0v) is 11.7. The van der Waals surface area contributed by atoms with Crippen LogP contribution in [0.2, 0.25) is 10.3 Å². The van der Waals surface area contributed by atoms with Gasteiger partial charge in [0.05, 0.1) is 11.4 Å². The van der Waals surface area contributed by atoms with E-state index in [1.54, 1.807) is 12.1 Å². The van der Waals surface area contributed by atoms with Crippen molar-refractivity contribution in [3.8, 4) is 22.8 Å². The first-order valence-corrected chi connectivity index (χ1v) is 6.57. The van der Waals surface area contributed by atoms with E-state index in [0.29, 0.717) is 33.1 Å². The van der Waals surface area contributed by atoms with E-state index in [1.807, 2.05) is 36.4 Å². The van der Waals surface area contributed by atoms with E-state index in [1.165, 1.54) is 0 Å². The third kappa shape index (κ3) is 2.76. The van der Waals surface area contributed by atoms with Gasteiger partial charge in [0, 0.05) is 0 Å². The highest BCUT2D eigenvalue weighted by Crippen LogP contribution is 2.20. The summed E-state index contributed by atoms with van der Waals surface area (Å²) in [6, 6.07) is 14.4. The van der Waals surface area contributed by atoms with Crippen molar-refractivity contribution in [3.63, 3.8) is 0 Å². The van der Waals surface area contributed by atoms with Crippen molar-refractivity contribution in [2.24, 2.45) is 0 Å². The van der Waals surface area contributed by atoms with E-state index in [2.05, 4.69) is 20.2 Å². The fourth-order valence-electron chi connectivity index (χ4n) is 1.71. The molecule has 0 saturated carbocycles. The Morgan fingerprint density at radius 1 is 0.550 bits per heavy atom. The van der Waals surface area contributed by atoms with Gasteiger partial charge in [-0.25, -0.2) is 9.97 Å². The minimum Gasteiger partial charge on any atom is -0.234 e. The largest absolute Gasteiger partial charge is 0.234 e. The number of nitrogens with zero attached hydrogens (tertiary/aromatic N) is 4. The van der Waals surface area contributed by atoms with Crippen LogP contribution in [0.3, 0.4) is 0 Å². The van der Waals surface area contributed by atoms with Gasteiger partial charge < -0.3 is 0 Å². The molecular formula is C14H8Cl2N4. The van der Waals surface area contributed by atoms with Crippen molar-refractivity contribution >= 4 is 23.2 Å². The van der Waals surface area contributed by atoms with Gasteiger partial charge in [-0.3, -0.25) is 0 Å². The topological polar surface area (TPSA) is 51.6 Å². The Morgan fingerprint density at radius 3 is 1.35 bits per heavy atom. The zero-order valence-electron chi connectivity index (χ0n) is 10.2. The molecule has 0 fully saturated rings. The summed E-state index contributed by atoms with van der Waals surface area (Å²) in [5, 5.41) is 9.13. The molecule has 0 radical (unpaired) electrons. The summed E-state index contributed by atoms with van der Waals surface area (Å²) < 4.78 is 0. The lowest BCUT2D eigenvalue weighted by Crippen LogP contribution is -1.94. The molecule has 98 valence electrons. The van der Waals surface area contributed by atoms with Crippen molar-refractivity contribution < 1.29 is 0 Å². The van der Waals surface area contributed by atoms with E-state index < -0.39 is 0 Å². The van der Waals surface area contributed by atoms with Crippen LogP contribution >= 0.6 is 23.2 Å². The predicted molar refractivity (Wildman–Crippen MR) is 78.5 cm³/mol. The number of aromatic nitrogens is 4. The molecule has 0 unspecified atom stereocenters. The van der Waals surface area contributed by atoms with E-state index in [9.17, 15) is 0 Å². The minimum absolute atomic E-state index is 0.421. The Balaban J connectivity index is 1.96. The van der Waals surface area contributed by atoms with Crippen LogP contribution in [0.5, 0.6) is 0 Å². The molecule has 0 aliphatic heterocycles. The first-order chi connectivity index (χ1) is 9.72. The molecule has 3 aromatic rings. The van der Waals surface area contributed by atoms with Gasteiger partial charge in [-0.05, 0) is 36.4 Å². The Hall–Kier alpha value is -2.04. The Labute approximate surface area is 125 Å². The Kier molecular flexibility index (Phi) is 3.58. The second-order valence-corrected chi connectivity index (χ2v) is 4.77. The molecule has 4 nitrogen and oxygen atoms in total. The summed E-state index contributed by atoms with van der Waals surface area (Å²) in [5.41, 5.74) is 2.66. The quantitative estimate of drug-likeness (QED) is 0.674. The molecule has 0 aliphatic carbocycles. The predicted octanol–water partition coefficient (Wildman–Crippen LogP) is 3.91. The lowest BCUT2D eigenvalue weighted by molar-refractivity contribution is 1.03. The maximum absolute atomic E-state index is 5.86. The molecule has 0 saturated heterocycles. The number of halogens is 2. The number of hydrogen-bond acceptors (Lipinski definition) is 4. The Morgan fingerprint density at radius 2 is 1.00 bits per heavy atom. The van der Waals surface area contributed by atoms with Gasteiger partial charge in [0.2, 0.25) is 0 Å². The fourth-order valence-corrected chi connectivity index (χ4v) is 2.03. The molecule has 0 aromatic carbocycles. The van der Waals surface area contributed by atoms with E-state index in [0.717, 1.165) is 0 Å². The summed E-state index contributed by atoms with van der Waals surface area (Å²) in [6.45, 7) is 0. The van der Waals surface area contributed by atoms with Crippen LogP contribution in [-0.2, 0) is 0 Å². The number of rotatable bonds is 2. The maximum Gasteiger partial charge on any atom is 0.129 e. The molecule has 20 heavy (non-hydrogen) atoms. The van der Waals surface area contributed by atoms with Crippen LogP contribution in [0.25, 0.3) is 22.8 Å². The zero-order chi connectivity index (χ0) is 13.9. The summed E-state index contributed by atoms with van der Waals surface area (Å²) in [6.07, 6.45) is 0. The van der Waals surface area contributed by atoms with Crippen molar-refractivity contribution in [3.05, 3.63) is 58.8 Å². The SMILES string of the molecule is Clc1cccc(-c2ccc(-c3cccc(Cl)n3)nn2)n1. The highest BCUT2D eigenvalue weighted by atomic mass is 35.5. The van der Waals surface area contributed by atoms with Crippen molar-refractivity contribution in [2.75, 3.05) is 0 Å². The van der Waals surface area contributed by atoms with Crippen LogP contribution in [0.15, 0.2) is 48.5 Å². The van der Waals surface area contributed by atoms with Crippen molar-refractivity contribution in [1.29, 1.82) is 0 Å². The lowest BCUT2D eigenvalue weighted by Gasteiger charge is -2.02. The van der Waals surface area contributed by atoms with Crippen LogP contribution in [-0.4, -0.2) is 20.2 Å². The summed E-state index contributed by atoms with van der Waals surface area (Å²) in [7, 11) is 0. The van der Waals surface area contributed by atoms with Crippen molar-refractivity contribution in [1.82, 2.24) is 20.2 Å². The minimum atomic E-state index is 0.421. The van der Waals surface area contributed by atoms with Gasteiger partial charge >= 0.3 is 0 Å². The normalized spacial score (nSPS) is 10.5. The van der Waals surface area contributed by atoms with Gasteiger partial charge in [-0.1, -0.05) is 35.3 Å².